The molecular weight excluding hydrogens is 491 g/mol. The summed E-state index contributed by atoms with van der Waals surface area (Å²) in [5.41, 5.74) is 0.0712. The van der Waals surface area contributed by atoms with Crippen LogP contribution in [0.3, 0.4) is 0 Å². The maximum Gasteiger partial charge on any atom is 0.191 e. The minimum Gasteiger partial charge on any atom is -0.383 e. The lowest BCUT2D eigenvalue weighted by atomic mass is 10.0. The molecule has 0 radical (unpaired) electrons. The van der Waals surface area contributed by atoms with Crippen molar-refractivity contribution in [2.24, 2.45) is 4.99 Å². The number of likely N-dealkylation sites (tertiary alicyclic amines) is 1. The Morgan fingerprint density at radius 3 is 2.41 bits per heavy atom. The molecule has 1 heterocycles. The molecule has 1 atom stereocenters. The van der Waals surface area contributed by atoms with Gasteiger partial charge in [-0.3, -0.25) is 4.99 Å². The predicted molar refractivity (Wildman–Crippen MR) is 124 cm³/mol. The van der Waals surface area contributed by atoms with E-state index in [9.17, 15) is 8.78 Å². The van der Waals surface area contributed by atoms with Crippen LogP contribution in [0.15, 0.2) is 23.2 Å². The zero-order valence-corrected chi connectivity index (χ0v) is 20.1. The summed E-state index contributed by atoms with van der Waals surface area (Å²) < 4.78 is 33.6. The average Bonchev–Trinajstić information content (AvgIpc) is 2.68. The molecule has 9 heteroatoms. The SMILES string of the molecule is CN=C(NCC(c1c(F)cccc1F)N(C)C)NC1CCN(CCOC)CC1.I. The van der Waals surface area contributed by atoms with Gasteiger partial charge in [0.2, 0.25) is 0 Å². The van der Waals surface area contributed by atoms with E-state index in [1.165, 1.54) is 18.2 Å². The van der Waals surface area contributed by atoms with E-state index >= 15 is 0 Å². The molecule has 2 rings (SSSR count). The first-order valence-electron chi connectivity index (χ1n) is 9.75. The highest BCUT2D eigenvalue weighted by molar-refractivity contribution is 14.0. The Kier molecular flexibility index (Phi) is 11.9. The molecule has 1 unspecified atom stereocenters. The standard InChI is InChI=1S/C20H33F2N5O.HI/c1-23-20(25-15-8-10-27(11-9-15)12-13-28-4)24-14-18(26(2)3)19-16(21)6-5-7-17(19)22;/h5-7,15,18H,8-14H2,1-4H3,(H2,23,24,25);1H. The Morgan fingerprint density at radius 1 is 1.28 bits per heavy atom. The van der Waals surface area contributed by atoms with Crippen LogP contribution in [0.1, 0.15) is 24.4 Å². The molecule has 0 spiro atoms. The third-order valence-corrected chi connectivity index (χ3v) is 5.18. The van der Waals surface area contributed by atoms with Crippen LogP contribution in [0.25, 0.3) is 0 Å². The lowest BCUT2D eigenvalue weighted by Gasteiger charge is -2.33. The molecule has 2 N–H and O–H groups in total. The zero-order chi connectivity index (χ0) is 20.5. The number of hydrogen-bond acceptors (Lipinski definition) is 4. The summed E-state index contributed by atoms with van der Waals surface area (Å²) in [6.07, 6.45) is 2.03. The third kappa shape index (κ3) is 7.95. The van der Waals surface area contributed by atoms with Gasteiger partial charge in [0.05, 0.1) is 12.6 Å². The molecule has 0 aliphatic carbocycles. The van der Waals surface area contributed by atoms with Crippen molar-refractivity contribution in [2.75, 3.05) is 61.0 Å². The van der Waals surface area contributed by atoms with Crippen molar-refractivity contribution >= 4 is 29.9 Å². The Morgan fingerprint density at radius 2 is 1.90 bits per heavy atom. The molecule has 1 aliphatic rings. The molecule has 0 saturated carbocycles. The molecule has 0 aromatic heterocycles. The second kappa shape index (κ2) is 13.3. The van der Waals surface area contributed by atoms with Crippen LogP contribution in [-0.2, 0) is 4.74 Å². The van der Waals surface area contributed by atoms with Crippen LogP contribution in [0.5, 0.6) is 0 Å². The second-order valence-electron chi connectivity index (χ2n) is 7.32. The number of likely N-dealkylation sites (N-methyl/N-ethyl adjacent to an activating group) is 1. The van der Waals surface area contributed by atoms with E-state index in [2.05, 4.69) is 20.5 Å². The Labute approximate surface area is 190 Å². The number of rotatable bonds is 8. The smallest absolute Gasteiger partial charge is 0.191 e. The number of halogens is 3. The summed E-state index contributed by atoms with van der Waals surface area (Å²) in [4.78, 5) is 8.47. The molecule has 0 bridgehead atoms. The molecule has 1 aromatic carbocycles. The number of aliphatic imine (C=N–C) groups is 1. The van der Waals surface area contributed by atoms with Crippen LogP contribution in [0.4, 0.5) is 8.78 Å². The minimum atomic E-state index is -0.535. The van der Waals surface area contributed by atoms with Crippen LogP contribution in [0.2, 0.25) is 0 Å². The monoisotopic (exact) mass is 525 g/mol. The number of nitrogens with one attached hydrogen (secondary N) is 2. The molecule has 29 heavy (non-hydrogen) atoms. The third-order valence-electron chi connectivity index (χ3n) is 5.18. The highest BCUT2D eigenvalue weighted by atomic mass is 127. The van der Waals surface area contributed by atoms with E-state index in [1.807, 2.05) is 14.1 Å². The van der Waals surface area contributed by atoms with Crippen molar-refractivity contribution < 1.29 is 13.5 Å². The van der Waals surface area contributed by atoms with Crippen LogP contribution in [0, 0.1) is 11.6 Å². The molecule has 1 saturated heterocycles. The van der Waals surface area contributed by atoms with Crippen molar-refractivity contribution in [3.05, 3.63) is 35.4 Å². The molecule has 166 valence electrons. The molecular formula is C20H34F2IN5O. The van der Waals surface area contributed by atoms with Crippen LogP contribution >= 0.6 is 24.0 Å². The summed E-state index contributed by atoms with van der Waals surface area (Å²) in [5.74, 6) is -0.419. The zero-order valence-electron chi connectivity index (χ0n) is 17.8. The lowest BCUT2D eigenvalue weighted by molar-refractivity contribution is 0.128. The quantitative estimate of drug-likeness (QED) is 0.311. The fourth-order valence-electron chi connectivity index (χ4n) is 3.47. The largest absolute Gasteiger partial charge is 0.383 e. The maximum atomic E-state index is 14.2. The first-order chi connectivity index (χ1) is 13.5. The van der Waals surface area contributed by atoms with Gasteiger partial charge in [0.15, 0.2) is 5.96 Å². The number of ether oxygens (including phenoxy) is 1. The normalized spacial score (nSPS) is 17.1. The first-order valence-corrected chi connectivity index (χ1v) is 9.75. The molecule has 1 aromatic rings. The number of piperidine rings is 1. The second-order valence-corrected chi connectivity index (χ2v) is 7.32. The van der Waals surface area contributed by atoms with Gasteiger partial charge in [-0.1, -0.05) is 6.07 Å². The fraction of sp³-hybridized carbons (Fsp3) is 0.650. The topological polar surface area (TPSA) is 52.1 Å². The van der Waals surface area contributed by atoms with Gasteiger partial charge in [0, 0.05) is 51.9 Å². The summed E-state index contributed by atoms with van der Waals surface area (Å²) in [6.45, 7) is 4.07. The van der Waals surface area contributed by atoms with Crippen molar-refractivity contribution in [3.63, 3.8) is 0 Å². The predicted octanol–water partition coefficient (Wildman–Crippen LogP) is 2.46. The van der Waals surface area contributed by atoms with E-state index in [-0.39, 0.29) is 29.5 Å². The summed E-state index contributed by atoms with van der Waals surface area (Å²) in [7, 11) is 7.05. The van der Waals surface area contributed by atoms with Gasteiger partial charge in [-0.2, -0.15) is 0 Å². The lowest BCUT2D eigenvalue weighted by Crippen LogP contribution is -2.50. The van der Waals surface area contributed by atoms with E-state index in [0.717, 1.165) is 39.1 Å². The van der Waals surface area contributed by atoms with Crippen molar-refractivity contribution in [3.8, 4) is 0 Å². The Balaban J connectivity index is 0.00000420. The first kappa shape index (κ1) is 26.0. The molecule has 1 aliphatic heterocycles. The molecule has 6 nitrogen and oxygen atoms in total. The highest BCUT2D eigenvalue weighted by Crippen LogP contribution is 2.23. The van der Waals surface area contributed by atoms with E-state index in [4.69, 9.17) is 4.74 Å². The van der Waals surface area contributed by atoms with Gasteiger partial charge in [0.1, 0.15) is 11.6 Å². The Bertz CT molecular complexity index is 619. The Hall–Kier alpha value is -1.04. The maximum absolute atomic E-state index is 14.2. The molecule has 1 fully saturated rings. The van der Waals surface area contributed by atoms with Gasteiger partial charge in [-0.15, -0.1) is 24.0 Å². The van der Waals surface area contributed by atoms with Gasteiger partial charge >= 0.3 is 0 Å². The van der Waals surface area contributed by atoms with Crippen molar-refractivity contribution in [1.82, 2.24) is 20.4 Å². The number of guanidine groups is 1. The average molecular weight is 525 g/mol. The molecule has 0 amide bonds. The number of nitrogens with zero attached hydrogens (tertiary/aromatic N) is 3. The van der Waals surface area contributed by atoms with Gasteiger partial charge in [0.25, 0.3) is 0 Å². The van der Waals surface area contributed by atoms with Gasteiger partial charge in [-0.05, 0) is 39.1 Å². The summed E-state index contributed by atoms with van der Waals surface area (Å²) >= 11 is 0. The van der Waals surface area contributed by atoms with E-state index < -0.39 is 17.7 Å². The fourth-order valence-corrected chi connectivity index (χ4v) is 3.47. The number of methoxy groups -OCH3 is 1. The summed E-state index contributed by atoms with van der Waals surface area (Å²) in [6, 6.07) is 3.84. The van der Waals surface area contributed by atoms with Gasteiger partial charge in [-0.25, -0.2) is 8.78 Å². The van der Waals surface area contributed by atoms with Crippen molar-refractivity contribution in [1.29, 1.82) is 0 Å². The number of hydrogen-bond donors (Lipinski definition) is 2. The minimum absolute atomic E-state index is 0. The van der Waals surface area contributed by atoms with Gasteiger partial charge < -0.3 is 25.2 Å². The number of benzene rings is 1. The summed E-state index contributed by atoms with van der Waals surface area (Å²) in [5, 5.41) is 6.66. The van der Waals surface area contributed by atoms with E-state index in [0.29, 0.717) is 18.5 Å². The van der Waals surface area contributed by atoms with Crippen LogP contribution in [-0.4, -0.2) is 82.8 Å². The van der Waals surface area contributed by atoms with Crippen LogP contribution < -0.4 is 10.6 Å². The van der Waals surface area contributed by atoms with Crippen molar-refractivity contribution in [2.45, 2.75) is 24.9 Å². The van der Waals surface area contributed by atoms with E-state index in [1.54, 1.807) is 19.1 Å². The highest BCUT2D eigenvalue weighted by Gasteiger charge is 2.24.